The molecule has 0 aliphatic heterocycles. The highest BCUT2D eigenvalue weighted by atomic mass is 16.5. The van der Waals surface area contributed by atoms with Gasteiger partial charge in [-0.2, -0.15) is 0 Å². The van der Waals surface area contributed by atoms with Gasteiger partial charge in [-0.15, -0.1) is 0 Å². The summed E-state index contributed by atoms with van der Waals surface area (Å²) in [5.74, 6) is 0.435. The molecule has 0 spiro atoms. The van der Waals surface area contributed by atoms with Crippen LogP contribution in [0.5, 0.6) is 0 Å². The van der Waals surface area contributed by atoms with Crippen molar-refractivity contribution in [1.82, 2.24) is 5.32 Å². The van der Waals surface area contributed by atoms with Crippen LogP contribution < -0.4 is 16.0 Å². The summed E-state index contributed by atoms with van der Waals surface area (Å²) in [6.45, 7) is 6.25. The fourth-order valence-corrected chi connectivity index (χ4v) is 1.92. The minimum absolute atomic E-state index is 0.102. The number of benzene rings is 1. The summed E-state index contributed by atoms with van der Waals surface area (Å²) in [4.78, 5) is 14.1. The molecule has 1 amide bonds. The van der Waals surface area contributed by atoms with Gasteiger partial charge < -0.3 is 20.7 Å². The molecule has 1 rings (SSSR count). The molecule has 0 fully saturated rings. The molecule has 0 saturated heterocycles. The lowest BCUT2D eigenvalue weighted by molar-refractivity contribution is 0.0925. The maximum atomic E-state index is 12.2. The van der Waals surface area contributed by atoms with Crippen molar-refractivity contribution in [3.8, 4) is 0 Å². The van der Waals surface area contributed by atoms with Gasteiger partial charge in [0.25, 0.3) is 5.91 Å². The first-order valence-electron chi connectivity index (χ1n) is 7.34. The number of carbonyl (C=O) groups excluding carboxylic acids is 1. The summed E-state index contributed by atoms with van der Waals surface area (Å²) >= 11 is 0. The highest BCUT2D eigenvalue weighted by Gasteiger charge is 2.12. The summed E-state index contributed by atoms with van der Waals surface area (Å²) in [5.41, 5.74) is 7.82. The third kappa shape index (κ3) is 6.04. The lowest BCUT2D eigenvalue weighted by Crippen LogP contribution is -2.27. The number of nitrogens with one attached hydrogen (secondary N) is 1. The number of hydrogen-bond acceptors (Lipinski definition) is 4. The molecule has 0 aromatic heterocycles. The molecule has 0 heterocycles. The topological polar surface area (TPSA) is 67.6 Å². The van der Waals surface area contributed by atoms with Gasteiger partial charge in [-0.25, -0.2) is 0 Å². The first kappa shape index (κ1) is 17.3. The highest BCUT2D eigenvalue weighted by Crippen LogP contribution is 2.21. The van der Waals surface area contributed by atoms with Crippen molar-refractivity contribution >= 4 is 17.3 Å². The third-order valence-corrected chi connectivity index (χ3v) is 2.95. The van der Waals surface area contributed by atoms with E-state index in [2.05, 4.69) is 19.2 Å². The van der Waals surface area contributed by atoms with Gasteiger partial charge in [-0.3, -0.25) is 4.79 Å². The van der Waals surface area contributed by atoms with Crippen molar-refractivity contribution in [2.24, 2.45) is 5.92 Å². The summed E-state index contributed by atoms with van der Waals surface area (Å²) in [6, 6.07) is 5.36. The van der Waals surface area contributed by atoms with Crippen molar-refractivity contribution < 1.29 is 9.53 Å². The second-order valence-electron chi connectivity index (χ2n) is 5.75. The van der Waals surface area contributed by atoms with Crippen LogP contribution in [0.3, 0.4) is 0 Å². The molecule has 1 aromatic rings. The number of anilines is 2. The third-order valence-electron chi connectivity index (χ3n) is 2.95. The maximum Gasteiger partial charge on any atom is 0.253 e. The smallest absolute Gasteiger partial charge is 0.253 e. The first-order valence-corrected chi connectivity index (χ1v) is 7.34. The van der Waals surface area contributed by atoms with Crippen LogP contribution >= 0.6 is 0 Å². The largest absolute Gasteiger partial charge is 0.399 e. The van der Waals surface area contributed by atoms with E-state index >= 15 is 0 Å². The molecule has 1 aromatic carbocycles. The molecule has 0 bridgehead atoms. The molecule has 118 valence electrons. The molecule has 0 aliphatic rings. The summed E-state index contributed by atoms with van der Waals surface area (Å²) in [7, 11) is 3.81. The fourth-order valence-electron chi connectivity index (χ4n) is 1.92. The van der Waals surface area contributed by atoms with Gasteiger partial charge in [0.05, 0.1) is 5.56 Å². The lowest BCUT2D eigenvalue weighted by atomic mass is 10.1. The van der Waals surface area contributed by atoms with Gasteiger partial charge in [-0.1, -0.05) is 13.8 Å². The van der Waals surface area contributed by atoms with E-state index in [4.69, 9.17) is 10.5 Å². The fraction of sp³-hybridized carbons (Fsp3) is 0.562. The van der Waals surface area contributed by atoms with Crippen molar-refractivity contribution in [2.75, 3.05) is 44.5 Å². The number of amides is 1. The van der Waals surface area contributed by atoms with Crippen molar-refractivity contribution in [3.63, 3.8) is 0 Å². The normalized spacial score (nSPS) is 10.7. The SMILES string of the molecule is CC(C)COCCCNC(=O)c1cc(N)ccc1N(C)C. The Hall–Kier alpha value is -1.75. The van der Waals surface area contributed by atoms with E-state index in [0.717, 1.165) is 18.7 Å². The number of nitrogens with zero attached hydrogens (tertiary/aromatic N) is 1. The quantitative estimate of drug-likeness (QED) is 0.569. The number of hydrogen-bond donors (Lipinski definition) is 2. The molecule has 0 atom stereocenters. The molecular weight excluding hydrogens is 266 g/mol. The van der Waals surface area contributed by atoms with Gasteiger partial charge >= 0.3 is 0 Å². The Morgan fingerprint density at radius 2 is 2.10 bits per heavy atom. The van der Waals surface area contributed by atoms with Crippen LogP contribution in [-0.2, 0) is 4.74 Å². The number of ether oxygens (including phenoxy) is 1. The Balaban J connectivity index is 2.47. The van der Waals surface area contributed by atoms with Crippen molar-refractivity contribution in [1.29, 1.82) is 0 Å². The molecule has 0 unspecified atom stereocenters. The zero-order valence-corrected chi connectivity index (χ0v) is 13.5. The zero-order chi connectivity index (χ0) is 15.8. The van der Waals surface area contributed by atoms with E-state index in [9.17, 15) is 4.79 Å². The second kappa shape index (κ2) is 8.52. The molecule has 5 heteroatoms. The average Bonchev–Trinajstić information content (AvgIpc) is 2.41. The summed E-state index contributed by atoms with van der Waals surface area (Å²) in [6.07, 6.45) is 0.804. The van der Waals surface area contributed by atoms with Gasteiger partial charge in [-0.05, 0) is 30.5 Å². The monoisotopic (exact) mass is 293 g/mol. The molecule has 3 N–H and O–H groups in total. The van der Waals surface area contributed by atoms with E-state index < -0.39 is 0 Å². The minimum atomic E-state index is -0.102. The average molecular weight is 293 g/mol. The van der Waals surface area contributed by atoms with Crippen LogP contribution in [-0.4, -0.2) is 39.8 Å². The number of carbonyl (C=O) groups is 1. The van der Waals surface area contributed by atoms with Crippen LogP contribution in [0.2, 0.25) is 0 Å². The van der Waals surface area contributed by atoms with Gasteiger partial charge in [0.1, 0.15) is 0 Å². The van der Waals surface area contributed by atoms with Crippen molar-refractivity contribution in [2.45, 2.75) is 20.3 Å². The van der Waals surface area contributed by atoms with Gasteiger partial charge in [0, 0.05) is 45.2 Å². The van der Waals surface area contributed by atoms with E-state index in [1.54, 1.807) is 12.1 Å². The van der Waals surface area contributed by atoms with Crippen LogP contribution in [0.4, 0.5) is 11.4 Å². The maximum absolute atomic E-state index is 12.2. The second-order valence-corrected chi connectivity index (χ2v) is 5.75. The Morgan fingerprint density at radius 1 is 1.38 bits per heavy atom. The minimum Gasteiger partial charge on any atom is -0.399 e. The van der Waals surface area contributed by atoms with E-state index in [-0.39, 0.29) is 5.91 Å². The lowest BCUT2D eigenvalue weighted by Gasteiger charge is -2.17. The molecule has 21 heavy (non-hydrogen) atoms. The van der Waals surface area contributed by atoms with E-state index in [0.29, 0.717) is 30.3 Å². The molecule has 0 saturated carbocycles. The van der Waals surface area contributed by atoms with Gasteiger partial charge in [0.2, 0.25) is 0 Å². The van der Waals surface area contributed by atoms with Crippen molar-refractivity contribution in [3.05, 3.63) is 23.8 Å². The summed E-state index contributed by atoms with van der Waals surface area (Å²) in [5, 5.41) is 2.91. The van der Waals surface area contributed by atoms with E-state index in [1.165, 1.54) is 0 Å². The Labute approximate surface area is 127 Å². The predicted molar refractivity (Wildman–Crippen MR) is 87.8 cm³/mol. The number of nitrogens with two attached hydrogens (primary N) is 1. The molecule has 0 radical (unpaired) electrons. The van der Waals surface area contributed by atoms with Crippen LogP contribution in [0, 0.1) is 5.92 Å². The standard InChI is InChI=1S/C16H27N3O2/c1-12(2)11-21-9-5-8-18-16(20)14-10-13(17)6-7-15(14)19(3)4/h6-7,10,12H,5,8-9,11,17H2,1-4H3,(H,18,20). The first-order chi connectivity index (χ1) is 9.91. The van der Waals surface area contributed by atoms with Gasteiger partial charge in [0.15, 0.2) is 0 Å². The Kier molecular flexibility index (Phi) is 7.02. The van der Waals surface area contributed by atoms with Crippen LogP contribution in [0.15, 0.2) is 18.2 Å². The summed E-state index contributed by atoms with van der Waals surface area (Å²) < 4.78 is 5.48. The molecule has 5 nitrogen and oxygen atoms in total. The van der Waals surface area contributed by atoms with Crippen LogP contribution in [0.25, 0.3) is 0 Å². The van der Waals surface area contributed by atoms with E-state index in [1.807, 2.05) is 25.1 Å². The van der Waals surface area contributed by atoms with Crippen LogP contribution in [0.1, 0.15) is 30.6 Å². The highest BCUT2D eigenvalue weighted by molar-refractivity contribution is 6.00. The molecular formula is C16H27N3O2. The Morgan fingerprint density at radius 3 is 2.71 bits per heavy atom. The number of rotatable bonds is 8. The molecule has 0 aliphatic carbocycles. The zero-order valence-electron chi connectivity index (χ0n) is 13.5. The number of nitrogen functional groups attached to an aromatic ring is 1. The Bertz CT molecular complexity index is 459. The predicted octanol–water partition coefficient (Wildman–Crippen LogP) is 2.13.